The molecule has 2 aromatic rings. The van der Waals surface area contributed by atoms with Gasteiger partial charge in [-0.3, -0.25) is 4.79 Å². The maximum absolute atomic E-state index is 11.7. The Hall–Kier alpha value is -2.32. The Balaban J connectivity index is 1.64. The molecule has 0 spiro atoms. The molecule has 1 N–H and O–H groups in total. The summed E-state index contributed by atoms with van der Waals surface area (Å²) >= 11 is 0. The van der Waals surface area contributed by atoms with Crippen molar-refractivity contribution in [1.82, 2.24) is 40.3 Å². The van der Waals surface area contributed by atoms with E-state index < -0.39 is 0 Å². The number of carbonyl (C=O) groups is 1. The molecule has 0 fully saturated rings. The van der Waals surface area contributed by atoms with Crippen LogP contribution in [-0.4, -0.2) is 47.4 Å². The number of nitrogens with one attached hydrogen (secondary N) is 1. The number of aromatic nitrogens is 7. The number of rotatable bonds is 8. The monoisotopic (exact) mass is 292 g/mol. The van der Waals surface area contributed by atoms with Crippen LogP contribution in [0.2, 0.25) is 0 Å². The van der Waals surface area contributed by atoms with E-state index in [4.69, 9.17) is 0 Å². The molecule has 0 bridgehead atoms. The molecule has 0 saturated carbocycles. The molecule has 2 aromatic heterocycles. The molecule has 0 aliphatic heterocycles. The highest BCUT2D eigenvalue weighted by atomic mass is 16.1. The van der Waals surface area contributed by atoms with Crippen molar-refractivity contribution < 1.29 is 4.79 Å². The van der Waals surface area contributed by atoms with Gasteiger partial charge in [0.1, 0.15) is 18.5 Å². The van der Waals surface area contributed by atoms with Crippen LogP contribution < -0.4 is 5.32 Å². The second-order valence-electron chi connectivity index (χ2n) is 5.02. The number of amides is 1. The van der Waals surface area contributed by atoms with E-state index in [9.17, 15) is 4.79 Å². The summed E-state index contributed by atoms with van der Waals surface area (Å²) in [6.07, 6.45) is 5.09. The van der Waals surface area contributed by atoms with E-state index in [2.05, 4.69) is 44.9 Å². The molecule has 114 valence electrons. The quantitative estimate of drug-likeness (QED) is 0.733. The molecule has 0 saturated heterocycles. The van der Waals surface area contributed by atoms with Gasteiger partial charge in [-0.2, -0.15) is 0 Å². The molecule has 2 rings (SSSR count). The SMILES string of the molecule is CC(C)n1cnnc1CCNC(=O)CCCn1cnnn1. The molecule has 21 heavy (non-hydrogen) atoms. The molecule has 1 amide bonds. The smallest absolute Gasteiger partial charge is 0.220 e. The van der Waals surface area contributed by atoms with Crippen molar-refractivity contribution in [3.05, 3.63) is 18.5 Å². The van der Waals surface area contributed by atoms with Gasteiger partial charge in [0.25, 0.3) is 0 Å². The van der Waals surface area contributed by atoms with Crippen LogP contribution in [0.5, 0.6) is 0 Å². The van der Waals surface area contributed by atoms with Gasteiger partial charge in [-0.25, -0.2) is 4.68 Å². The van der Waals surface area contributed by atoms with E-state index in [0.29, 0.717) is 38.4 Å². The average molecular weight is 292 g/mol. The predicted molar refractivity (Wildman–Crippen MR) is 74.2 cm³/mol. The molecule has 0 radical (unpaired) electrons. The zero-order valence-electron chi connectivity index (χ0n) is 12.3. The summed E-state index contributed by atoms with van der Waals surface area (Å²) in [7, 11) is 0. The van der Waals surface area contributed by atoms with Crippen LogP contribution in [0, 0.1) is 0 Å². The fourth-order valence-corrected chi connectivity index (χ4v) is 1.96. The Labute approximate surface area is 122 Å². The predicted octanol–water partition coefficient (Wildman–Crippen LogP) is -0.0154. The summed E-state index contributed by atoms with van der Waals surface area (Å²) in [5.74, 6) is 0.915. The molecule has 0 aliphatic rings. The highest BCUT2D eigenvalue weighted by Gasteiger charge is 2.08. The number of tetrazole rings is 1. The number of hydrogen-bond acceptors (Lipinski definition) is 6. The minimum atomic E-state index is 0.0266. The first kappa shape index (κ1) is 15.1. The van der Waals surface area contributed by atoms with Gasteiger partial charge < -0.3 is 9.88 Å². The lowest BCUT2D eigenvalue weighted by Gasteiger charge is -2.10. The molecule has 9 nitrogen and oxygen atoms in total. The largest absolute Gasteiger partial charge is 0.356 e. The van der Waals surface area contributed by atoms with Crippen LogP contribution in [0.25, 0.3) is 0 Å². The first-order chi connectivity index (χ1) is 10.2. The first-order valence-corrected chi connectivity index (χ1v) is 7.02. The molecule has 0 aliphatic carbocycles. The van der Waals surface area contributed by atoms with Crippen LogP contribution in [0.15, 0.2) is 12.7 Å². The third kappa shape index (κ3) is 4.62. The van der Waals surface area contributed by atoms with Gasteiger partial charge in [0, 0.05) is 32.0 Å². The lowest BCUT2D eigenvalue weighted by molar-refractivity contribution is -0.121. The highest BCUT2D eigenvalue weighted by Crippen LogP contribution is 2.06. The summed E-state index contributed by atoms with van der Waals surface area (Å²) < 4.78 is 3.61. The highest BCUT2D eigenvalue weighted by molar-refractivity contribution is 5.75. The number of carbonyl (C=O) groups excluding carboxylic acids is 1. The fourth-order valence-electron chi connectivity index (χ4n) is 1.96. The summed E-state index contributed by atoms with van der Waals surface area (Å²) in [5, 5.41) is 21.7. The number of nitrogens with zero attached hydrogens (tertiary/aromatic N) is 7. The van der Waals surface area contributed by atoms with Gasteiger partial charge in [0.05, 0.1) is 0 Å². The number of aryl methyl sites for hydroxylation is 1. The minimum absolute atomic E-state index is 0.0266. The third-order valence-electron chi connectivity index (χ3n) is 3.06. The Morgan fingerprint density at radius 2 is 2.19 bits per heavy atom. The zero-order valence-corrected chi connectivity index (χ0v) is 12.3. The molecule has 0 atom stereocenters. The Morgan fingerprint density at radius 3 is 2.90 bits per heavy atom. The first-order valence-electron chi connectivity index (χ1n) is 7.02. The summed E-state index contributed by atoms with van der Waals surface area (Å²) in [4.78, 5) is 11.7. The van der Waals surface area contributed by atoms with Crippen LogP contribution >= 0.6 is 0 Å². The maximum Gasteiger partial charge on any atom is 0.220 e. The zero-order chi connectivity index (χ0) is 15.1. The van der Waals surface area contributed by atoms with Crippen molar-refractivity contribution in [2.75, 3.05) is 6.54 Å². The lowest BCUT2D eigenvalue weighted by atomic mass is 10.3. The van der Waals surface area contributed by atoms with E-state index >= 15 is 0 Å². The van der Waals surface area contributed by atoms with E-state index in [-0.39, 0.29) is 5.91 Å². The van der Waals surface area contributed by atoms with E-state index in [1.807, 2.05) is 4.57 Å². The molecular formula is C12H20N8O. The van der Waals surface area contributed by atoms with E-state index in [0.717, 1.165) is 5.82 Å². The van der Waals surface area contributed by atoms with Gasteiger partial charge in [-0.05, 0) is 30.7 Å². The standard InChI is InChI=1S/C12H20N8O/c1-10(2)20-9-14-16-11(20)5-6-13-12(21)4-3-7-19-8-15-17-18-19/h8-10H,3-7H2,1-2H3,(H,13,21). The second-order valence-corrected chi connectivity index (χ2v) is 5.02. The topological polar surface area (TPSA) is 103 Å². The molecule has 2 heterocycles. The Bertz CT molecular complexity index is 547. The summed E-state index contributed by atoms with van der Waals surface area (Å²) in [5.41, 5.74) is 0. The normalized spacial score (nSPS) is 11.0. The molecule has 9 heteroatoms. The van der Waals surface area contributed by atoms with Gasteiger partial charge >= 0.3 is 0 Å². The Morgan fingerprint density at radius 1 is 1.33 bits per heavy atom. The van der Waals surface area contributed by atoms with Crippen molar-refractivity contribution in [2.45, 2.75) is 45.7 Å². The van der Waals surface area contributed by atoms with Crippen molar-refractivity contribution in [2.24, 2.45) is 0 Å². The second kappa shape index (κ2) is 7.46. The van der Waals surface area contributed by atoms with Crippen molar-refractivity contribution in [3.63, 3.8) is 0 Å². The van der Waals surface area contributed by atoms with Crippen LogP contribution in [0.3, 0.4) is 0 Å². The van der Waals surface area contributed by atoms with Crippen LogP contribution in [0.1, 0.15) is 38.6 Å². The van der Waals surface area contributed by atoms with Gasteiger partial charge in [0.2, 0.25) is 5.91 Å². The van der Waals surface area contributed by atoms with Crippen molar-refractivity contribution in [1.29, 1.82) is 0 Å². The van der Waals surface area contributed by atoms with E-state index in [1.165, 1.54) is 6.33 Å². The molecule has 0 unspecified atom stereocenters. The third-order valence-corrected chi connectivity index (χ3v) is 3.06. The summed E-state index contributed by atoms with van der Waals surface area (Å²) in [6.45, 7) is 5.35. The lowest BCUT2D eigenvalue weighted by Crippen LogP contribution is -2.26. The molecule has 0 aromatic carbocycles. The van der Waals surface area contributed by atoms with Crippen molar-refractivity contribution in [3.8, 4) is 0 Å². The van der Waals surface area contributed by atoms with E-state index in [1.54, 1.807) is 11.0 Å². The van der Waals surface area contributed by atoms with Gasteiger partial charge in [-0.1, -0.05) is 0 Å². The number of hydrogen-bond donors (Lipinski definition) is 1. The van der Waals surface area contributed by atoms with Crippen molar-refractivity contribution >= 4 is 5.91 Å². The minimum Gasteiger partial charge on any atom is -0.356 e. The Kier molecular flexibility index (Phi) is 5.35. The van der Waals surface area contributed by atoms with Gasteiger partial charge in [-0.15, -0.1) is 15.3 Å². The summed E-state index contributed by atoms with van der Waals surface area (Å²) in [6, 6.07) is 0.321. The molecular weight excluding hydrogens is 272 g/mol. The fraction of sp³-hybridized carbons (Fsp3) is 0.667. The van der Waals surface area contributed by atoms with Gasteiger partial charge in [0.15, 0.2) is 0 Å². The van der Waals surface area contributed by atoms with Crippen LogP contribution in [-0.2, 0) is 17.8 Å². The average Bonchev–Trinajstić information content (AvgIpc) is 3.09. The van der Waals surface area contributed by atoms with Crippen LogP contribution in [0.4, 0.5) is 0 Å². The maximum atomic E-state index is 11.7.